The van der Waals surface area contributed by atoms with E-state index in [1.807, 2.05) is 17.5 Å². The highest BCUT2D eigenvalue weighted by Gasteiger charge is 2.19. The fourth-order valence-electron chi connectivity index (χ4n) is 4.70. The number of benzene rings is 3. The predicted molar refractivity (Wildman–Crippen MR) is 145 cm³/mol. The number of hydrogen-bond acceptors (Lipinski definition) is 2. The van der Waals surface area contributed by atoms with E-state index >= 15 is 0 Å². The van der Waals surface area contributed by atoms with Gasteiger partial charge in [-0.3, -0.25) is 4.98 Å². The van der Waals surface area contributed by atoms with Gasteiger partial charge in [0.05, 0.1) is 5.69 Å². The lowest BCUT2D eigenvalue weighted by Crippen LogP contribution is -2.12. The van der Waals surface area contributed by atoms with Crippen LogP contribution in [0.5, 0.6) is 0 Å². The number of hydrogen-bond donors (Lipinski definition) is 0. The Balaban J connectivity index is 1.64. The minimum atomic E-state index is 0.0578. The Bertz CT molecular complexity index is 1450. The van der Waals surface area contributed by atoms with Crippen molar-refractivity contribution in [2.75, 3.05) is 0 Å². The Morgan fingerprint density at radius 3 is 2.42 bits per heavy atom. The first-order chi connectivity index (χ1) is 15.8. The highest BCUT2D eigenvalue weighted by Crippen LogP contribution is 2.38. The molecule has 0 aliphatic rings. The first kappa shape index (κ1) is 21.9. The maximum Gasteiger partial charge on any atom is 0.0708 e. The van der Waals surface area contributed by atoms with Crippen molar-refractivity contribution in [2.45, 2.75) is 46.5 Å². The molecule has 0 bridgehead atoms. The molecule has 1 nitrogen and oxygen atoms in total. The molecule has 166 valence electrons. The topological polar surface area (TPSA) is 12.9 Å². The summed E-state index contributed by atoms with van der Waals surface area (Å²) in [5, 5.41) is 3.94. The van der Waals surface area contributed by atoms with Crippen molar-refractivity contribution in [1.29, 1.82) is 0 Å². The summed E-state index contributed by atoms with van der Waals surface area (Å²) in [5.74, 6) is 0.666. The standard InChI is InChI=1S/C31H31NS/c1-20(2)15-24-19-27-25(11-8-12-30(27)33-24)22-13-14-32-29(18-22)23-16-21-9-6-7-10-26(21)28(17-23)31(3,4)5/h6-14,16-20H,15H2,1-5H3. The Morgan fingerprint density at radius 1 is 0.818 bits per heavy atom. The molecule has 0 unspecified atom stereocenters. The van der Waals surface area contributed by atoms with E-state index in [-0.39, 0.29) is 5.41 Å². The quantitative estimate of drug-likeness (QED) is 0.266. The van der Waals surface area contributed by atoms with Crippen LogP contribution in [0.4, 0.5) is 0 Å². The van der Waals surface area contributed by atoms with Crippen LogP contribution in [0.1, 0.15) is 45.1 Å². The average Bonchev–Trinajstić information content (AvgIpc) is 3.19. The molecule has 33 heavy (non-hydrogen) atoms. The third-order valence-corrected chi connectivity index (χ3v) is 7.38. The van der Waals surface area contributed by atoms with Gasteiger partial charge in [0.2, 0.25) is 0 Å². The van der Waals surface area contributed by atoms with E-state index in [9.17, 15) is 0 Å². The predicted octanol–water partition coefficient (Wildman–Crippen LogP) is 9.28. The molecule has 5 aromatic rings. The molecule has 0 amide bonds. The van der Waals surface area contributed by atoms with Gasteiger partial charge in [-0.25, -0.2) is 0 Å². The first-order valence-corrected chi connectivity index (χ1v) is 12.6. The summed E-state index contributed by atoms with van der Waals surface area (Å²) < 4.78 is 1.36. The van der Waals surface area contributed by atoms with Gasteiger partial charge in [-0.2, -0.15) is 0 Å². The molecule has 0 atom stereocenters. The molecule has 5 rings (SSSR count). The molecule has 2 heteroatoms. The Kier molecular flexibility index (Phi) is 5.58. The number of thiophene rings is 1. The van der Waals surface area contributed by atoms with Crippen LogP contribution >= 0.6 is 11.3 Å². The molecule has 2 heterocycles. The molecule has 0 aliphatic heterocycles. The van der Waals surface area contributed by atoms with Crippen LogP contribution in [0, 0.1) is 5.92 Å². The summed E-state index contributed by atoms with van der Waals surface area (Å²) in [6.45, 7) is 11.4. The maximum atomic E-state index is 4.79. The average molecular weight is 450 g/mol. The number of nitrogens with zero attached hydrogens (tertiary/aromatic N) is 1. The third-order valence-electron chi connectivity index (χ3n) is 6.26. The van der Waals surface area contributed by atoms with Gasteiger partial charge in [0.25, 0.3) is 0 Å². The zero-order valence-electron chi connectivity index (χ0n) is 20.1. The summed E-state index contributed by atoms with van der Waals surface area (Å²) in [5.41, 5.74) is 6.14. The van der Waals surface area contributed by atoms with E-state index in [2.05, 4.69) is 107 Å². The number of pyridine rings is 1. The fraction of sp³-hybridized carbons (Fsp3) is 0.258. The van der Waals surface area contributed by atoms with Crippen LogP contribution in [-0.4, -0.2) is 4.98 Å². The fourth-order valence-corrected chi connectivity index (χ4v) is 6.00. The molecule has 0 radical (unpaired) electrons. The highest BCUT2D eigenvalue weighted by atomic mass is 32.1. The molecular weight excluding hydrogens is 418 g/mol. The van der Waals surface area contributed by atoms with Crippen LogP contribution < -0.4 is 0 Å². The number of aromatic nitrogens is 1. The van der Waals surface area contributed by atoms with E-state index in [1.54, 1.807) is 0 Å². The summed E-state index contributed by atoms with van der Waals surface area (Å²) in [4.78, 5) is 6.26. The van der Waals surface area contributed by atoms with Crippen LogP contribution in [0.25, 0.3) is 43.2 Å². The van der Waals surface area contributed by atoms with Crippen molar-refractivity contribution in [3.63, 3.8) is 0 Å². The lowest BCUT2D eigenvalue weighted by atomic mass is 9.82. The van der Waals surface area contributed by atoms with Gasteiger partial charge in [-0.05, 0) is 81.6 Å². The Morgan fingerprint density at radius 2 is 1.64 bits per heavy atom. The SMILES string of the molecule is CC(C)Cc1cc2c(-c3ccnc(-c4cc(C(C)(C)C)c5ccccc5c4)c3)cccc2s1. The molecule has 0 fully saturated rings. The maximum absolute atomic E-state index is 4.79. The van der Waals surface area contributed by atoms with Crippen molar-refractivity contribution in [3.8, 4) is 22.4 Å². The lowest BCUT2D eigenvalue weighted by Gasteiger charge is -2.22. The lowest BCUT2D eigenvalue weighted by molar-refractivity contribution is 0.596. The molecule has 0 N–H and O–H groups in total. The van der Waals surface area contributed by atoms with Crippen molar-refractivity contribution in [2.24, 2.45) is 5.92 Å². The molecule has 2 aromatic heterocycles. The molecule has 0 saturated heterocycles. The second-order valence-electron chi connectivity index (χ2n) is 10.5. The normalized spacial score (nSPS) is 12.2. The molecule has 0 spiro atoms. The first-order valence-electron chi connectivity index (χ1n) is 11.8. The van der Waals surface area contributed by atoms with Gasteiger partial charge >= 0.3 is 0 Å². The third kappa shape index (κ3) is 4.32. The van der Waals surface area contributed by atoms with E-state index in [4.69, 9.17) is 4.98 Å². The van der Waals surface area contributed by atoms with Gasteiger partial charge in [0.15, 0.2) is 0 Å². The van der Waals surface area contributed by atoms with Gasteiger partial charge < -0.3 is 0 Å². The second-order valence-corrected chi connectivity index (χ2v) is 11.6. The van der Waals surface area contributed by atoms with Gasteiger partial charge in [0, 0.05) is 26.7 Å². The summed E-state index contributed by atoms with van der Waals surface area (Å²) in [7, 11) is 0. The summed E-state index contributed by atoms with van der Waals surface area (Å²) in [6.07, 6.45) is 3.09. The largest absolute Gasteiger partial charge is 0.256 e. The Labute approximate surface area is 201 Å². The molecule has 3 aromatic carbocycles. The second kappa shape index (κ2) is 8.43. The minimum absolute atomic E-state index is 0.0578. The zero-order chi connectivity index (χ0) is 23.2. The number of rotatable bonds is 4. The molecule has 0 aliphatic carbocycles. The van der Waals surface area contributed by atoms with Crippen molar-refractivity contribution in [3.05, 3.63) is 89.4 Å². The molecule has 0 saturated carbocycles. The van der Waals surface area contributed by atoms with E-state index in [0.717, 1.165) is 12.1 Å². The van der Waals surface area contributed by atoms with E-state index < -0.39 is 0 Å². The zero-order valence-corrected chi connectivity index (χ0v) is 21.0. The highest BCUT2D eigenvalue weighted by molar-refractivity contribution is 7.19. The smallest absolute Gasteiger partial charge is 0.0708 e. The van der Waals surface area contributed by atoms with Crippen molar-refractivity contribution >= 4 is 32.2 Å². The number of fused-ring (bicyclic) bond motifs is 2. The summed E-state index contributed by atoms with van der Waals surface area (Å²) in [6, 6.07) is 26.8. The minimum Gasteiger partial charge on any atom is -0.256 e. The van der Waals surface area contributed by atoms with E-state index in [1.165, 1.54) is 48.0 Å². The summed E-state index contributed by atoms with van der Waals surface area (Å²) >= 11 is 1.93. The van der Waals surface area contributed by atoms with Gasteiger partial charge in [-0.15, -0.1) is 11.3 Å². The van der Waals surface area contributed by atoms with Gasteiger partial charge in [0.1, 0.15) is 0 Å². The van der Waals surface area contributed by atoms with E-state index in [0.29, 0.717) is 5.92 Å². The van der Waals surface area contributed by atoms with Gasteiger partial charge in [-0.1, -0.05) is 71.0 Å². The van der Waals surface area contributed by atoms with Crippen molar-refractivity contribution in [1.82, 2.24) is 4.98 Å². The van der Waals surface area contributed by atoms with Crippen LogP contribution in [0.2, 0.25) is 0 Å². The van der Waals surface area contributed by atoms with Crippen molar-refractivity contribution < 1.29 is 0 Å². The monoisotopic (exact) mass is 449 g/mol. The van der Waals surface area contributed by atoms with Crippen LogP contribution in [0.15, 0.2) is 79.0 Å². The molecular formula is C31H31NS. The Hall–Kier alpha value is -2.97. The van der Waals surface area contributed by atoms with Crippen LogP contribution in [0.3, 0.4) is 0 Å². The van der Waals surface area contributed by atoms with Crippen LogP contribution in [-0.2, 0) is 11.8 Å².